The molecule has 1 fully saturated rings. The third-order valence-corrected chi connectivity index (χ3v) is 5.68. The number of sulfonamides is 1. The summed E-state index contributed by atoms with van der Waals surface area (Å²) in [7, 11) is -2.02. The van der Waals surface area contributed by atoms with Gasteiger partial charge in [0.1, 0.15) is 0 Å². The molecule has 0 saturated carbocycles. The van der Waals surface area contributed by atoms with Crippen LogP contribution in [0.1, 0.15) is 6.42 Å². The molecule has 24 heavy (non-hydrogen) atoms. The van der Waals surface area contributed by atoms with Crippen molar-refractivity contribution in [2.45, 2.75) is 23.5 Å². The van der Waals surface area contributed by atoms with E-state index in [9.17, 15) is 8.42 Å². The first kappa shape index (κ1) is 17.1. The molecule has 2 atom stereocenters. The molecule has 0 spiro atoms. The average Bonchev–Trinajstić information content (AvgIpc) is 2.63. The first-order valence-corrected chi connectivity index (χ1v) is 9.37. The van der Waals surface area contributed by atoms with Gasteiger partial charge in [-0.15, -0.1) is 0 Å². The minimum absolute atomic E-state index is 0.169. The van der Waals surface area contributed by atoms with E-state index in [1.165, 1.54) is 0 Å². The molecule has 128 valence electrons. The van der Waals surface area contributed by atoms with Crippen LogP contribution in [0.3, 0.4) is 0 Å². The topological polar surface area (TPSA) is 64.6 Å². The zero-order valence-corrected chi connectivity index (χ0v) is 14.3. The monoisotopic (exact) mass is 347 g/mol. The Morgan fingerprint density at radius 1 is 1.04 bits per heavy atom. The smallest absolute Gasteiger partial charge is 0.240 e. The van der Waals surface area contributed by atoms with E-state index in [2.05, 4.69) is 4.72 Å². The Hall–Kier alpha value is -1.73. The molecule has 0 aliphatic carbocycles. The molecule has 1 aliphatic rings. The zero-order valence-electron chi connectivity index (χ0n) is 13.5. The number of ether oxygens (including phenoxy) is 2. The quantitative estimate of drug-likeness (QED) is 0.902. The van der Waals surface area contributed by atoms with Crippen molar-refractivity contribution in [1.29, 1.82) is 0 Å². The van der Waals surface area contributed by atoms with Crippen LogP contribution in [0.2, 0.25) is 0 Å². The van der Waals surface area contributed by atoms with E-state index in [4.69, 9.17) is 9.47 Å². The number of benzene rings is 2. The fourth-order valence-electron chi connectivity index (χ4n) is 2.83. The van der Waals surface area contributed by atoms with E-state index < -0.39 is 10.0 Å². The van der Waals surface area contributed by atoms with Crippen LogP contribution >= 0.6 is 0 Å². The maximum absolute atomic E-state index is 12.6. The second kappa shape index (κ2) is 7.44. The van der Waals surface area contributed by atoms with Crippen LogP contribution in [0.25, 0.3) is 11.1 Å². The molecular formula is C18H21NO4S. The fraction of sp³-hybridized carbons (Fsp3) is 0.333. The number of hydrogen-bond donors (Lipinski definition) is 1. The van der Waals surface area contributed by atoms with Gasteiger partial charge in [-0.3, -0.25) is 0 Å². The van der Waals surface area contributed by atoms with E-state index in [1.807, 2.05) is 42.5 Å². The van der Waals surface area contributed by atoms with Gasteiger partial charge in [-0.05, 0) is 29.7 Å². The highest BCUT2D eigenvalue weighted by molar-refractivity contribution is 7.89. The Morgan fingerprint density at radius 3 is 2.38 bits per heavy atom. The lowest BCUT2D eigenvalue weighted by molar-refractivity contribution is -0.0305. The Morgan fingerprint density at radius 2 is 1.71 bits per heavy atom. The lowest BCUT2D eigenvalue weighted by Gasteiger charge is -2.30. The van der Waals surface area contributed by atoms with Crippen molar-refractivity contribution in [1.82, 2.24) is 4.72 Å². The molecule has 2 aromatic rings. The minimum atomic E-state index is -3.61. The fourth-order valence-corrected chi connectivity index (χ4v) is 4.08. The van der Waals surface area contributed by atoms with Gasteiger partial charge in [0.25, 0.3) is 0 Å². The third-order valence-electron chi connectivity index (χ3n) is 4.17. The molecule has 6 heteroatoms. The summed E-state index contributed by atoms with van der Waals surface area (Å²) in [4.78, 5) is 0.239. The van der Waals surface area contributed by atoms with Crippen LogP contribution in [0.15, 0.2) is 59.5 Å². The summed E-state index contributed by atoms with van der Waals surface area (Å²) >= 11 is 0. The first-order valence-electron chi connectivity index (χ1n) is 7.88. The average molecular weight is 347 g/mol. The van der Waals surface area contributed by atoms with E-state index in [1.54, 1.807) is 19.2 Å². The van der Waals surface area contributed by atoms with Crippen LogP contribution in [-0.4, -0.2) is 40.9 Å². The molecule has 0 unspecified atom stereocenters. The van der Waals surface area contributed by atoms with Gasteiger partial charge in [-0.25, -0.2) is 13.1 Å². The van der Waals surface area contributed by atoms with Gasteiger partial charge in [0.15, 0.2) is 0 Å². The summed E-state index contributed by atoms with van der Waals surface area (Å²) in [6, 6.07) is 16.3. The van der Waals surface area contributed by atoms with Crippen LogP contribution in [0.4, 0.5) is 0 Å². The molecule has 1 saturated heterocycles. The zero-order chi connectivity index (χ0) is 17.0. The van der Waals surface area contributed by atoms with Crippen LogP contribution in [0, 0.1) is 0 Å². The van der Waals surface area contributed by atoms with Crippen LogP contribution < -0.4 is 4.72 Å². The van der Waals surface area contributed by atoms with Gasteiger partial charge in [0, 0.05) is 13.7 Å². The molecule has 1 aliphatic heterocycles. The maximum atomic E-state index is 12.6. The summed E-state index contributed by atoms with van der Waals surface area (Å²) in [5.41, 5.74) is 2.03. The number of hydrogen-bond acceptors (Lipinski definition) is 4. The molecule has 0 amide bonds. The van der Waals surface area contributed by atoms with Crippen molar-refractivity contribution in [3.63, 3.8) is 0 Å². The van der Waals surface area contributed by atoms with Gasteiger partial charge in [0.2, 0.25) is 10.0 Å². The predicted octanol–water partition coefficient (Wildman–Crippen LogP) is 2.44. The largest absolute Gasteiger partial charge is 0.380 e. The highest BCUT2D eigenvalue weighted by Crippen LogP contribution is 2.22. The molecule has 0 radical (unpaired) electrons. The molecule has 3 rings (SSSR count). The summed E-state index contributed by atoms with van der Waals surface area (Å²) in [6.07, 6.45) is 0.508. The Kier molecular flexibility index (Phi) is 5.30. The van der Waals surface area contributed by atoms with Crippen molar-refractivity contribution in [3.8, 4) is 11.1 Å². The molecular weight excluding hydrogens is 326 g/mol. The second-order valence-electron chi connectivity index (χ2n) is 5.76. The highest BCUT2D eigenvalue weighted by Gasteiger charge is 2.30. The van der Waals surface area contributed by atoms with Crippen molar-refractivity contribution in [2.75, 3.05) is 20.3 Å². The second-order valence-corrected chi connectivity index (χ2v) is 7.47. The Bertz CT molecular complexity index is 759. The van der Waals surface area contributed by atoms with Gasteiger partial charge >= 0.3 is 0 Å². The lowest BCUT2D eigenvalue weighted by atomic mass is 10.1. The molecule has 2 aromatic carbocycles. The van der Waals surface area contributed by atoms with Crippen molar-refractivity contribution in [2.24, 2.45) is 0 Å². The Balaban J connectivity index is 1.77. The minimum Gasteiger partial charge on any atom is -0.380 e. The molecule has 5 nitrogen and oxygen atoms in total. The van der Waals surface area contributed by atoms with Gasteiger partial charge in [-0.1, -0.05) is 42.5 Å². The number of rotatable bonds is 5. The first-order chi connectivity index (χ1) is 11.6. The van der Waals surface area contributed by atoms with Gasteiger partial charge in [-0.2, -0.15) is 0 Å². The lowest BCUT2D eigenvalue weighted by Crippen LogP contribution is -2.50. The molecule has 0 bridgehead atoms. The van der Waals surface area contributed by atoms with Crippen LogP contribution in [-0.2, 0) is 19.5 Å². The normalized spacial score (nSPS) is 21.5. The summed E-state index contributed by atoms with van der Waals surface area (Å²) < 4.78 is 38.6. The highest BCUT2D eigenvalue weighted by atomic mass is 32.2. The summed E-state index contributed by atoms with van der Waals surface area (Å²) in [6.45, 7) is 0.905. The van der Waals surface area contributed by atoms with Crippen molar-refractivity contribution in [3.05, 3.63) is 54.6 Å². The molecule has 1 heterocycles. The van der Waals surface area contributed by atoms with Crippen LogP contribution in [0.5, 0.6) is 0 Å². The van der Waals surface area contributed by atoms with Gasteiger partial charge in [0.05, 0.1) is 23.6 Å². The predicted molar refractivity (Wildman–Crippen MR) is 92.2 cm³/mol. The standard InChI is InChI=1S/C18H21NO4S/c1-22-18-11-12-23-13-17(18)19-24(20,21)16-9-7-15(8-10-16)14-5-3-2-4-6-14/h2-10,17-19H,11-13H2,1H3/t17-,18-/m1/s1. The van der Waals surface area contributed by atoms with E-state index in [0.717, 1.165) is 11.1 Å². The van der Waals surface area contributed by atoms with Crippen molar-refractivity contribution < 1.29 is 17.9 Å². The van der Waals surface area contributed by atoms with Crippen molar-refractivity contribution >= 4 is 10.0 Å². The van der Waals surface area contributed by atoms with E-state index in [-0.39, 0.29) is 17.0 Å². The summed E-state index contributed by atoms with van der Waals surface area (Å²) in [5, 5.41) is 0. The molecule has 1 N–H and O–H groups in total. The summed E-state index contributed by atoms with van der Waals surface area (Å²) in [5.74, 6) is 0. The third kappa shape index (κ3) is 3.84. The Labute approximate surface area is 142 Å². The van der Waals surface area contributed by atoms with E-state index >= 15 is 0 Å². The SMILES string of the molecule is CO[C@@H]1CCOC[C@H]1NS(=O)(=O)c1ccc(-c2ccccc2)cc1. The number of methoxy groups -OCH3 is 1. The number of nitrogens with one attached hydrogen (secondary N) is 1. The van der Waals surface area contributed by atoms with Gasteiger partial charge < -0.3 is 9.47 Å². The van der Waals surface area contributed by atoms with E-state index in [0.29, 0.717) is 19.6 Å². The maximum Gasteiger partial charge on any atom is 0.240 e. The molecule has 0 aromatic heterocycles.